The maximum Gasteiger partial charge on any atom is 0.184 e. The maximum absolute atomic E-state index is 10.5. The Morgan fingerprint density at radius 1 is 0.306 bits per heavy atom. The average molecular weight is 841 g/mol. The van der Waals surface area contributed by atoms with Gasteiger partial charge in [-0.2, -0.15) is 0 Å². The van der Waals surface area contributed by atoms with E-state index in [4.69, 9.17) is 37.9 Å². The Balaban J connectivity index is 0.000000186. The third-order valence-corrected chi connectivity index (χ3v) is 10.5. The number of ether oxygens (including phenoxy) is 8. The molecule has 62 heavy (non-hydrogen) atoms. The Hall–Kier alpha value is -5.08. The molecule has 0 aliphatic carbocycles. The molecule has 2 N–H and O–H groups in total. The van der Waals surface area contributed by atoms with Crippen LogP contribution in [0.15, 0.2) is 182 Å². The van der Waals surface area contributed by atoms with E-state index in [0.29, 0.717) is 52.9 Å². The minimum absolute atomic E-state index is 0.302. The second kappa shape index (κ2) is 24.5. The Bertz CT molecular complexity index is 1930. The lowest BCUT2D eigenvalue weighted by Crippen LogP contribution is -2.39. The van der Waals surface area contributed by atoms with E-state index in [-0.39, 0.29) is 0 Å². The maximum atomic E-state index is 10.5. The van der Waals surface area contributed by atoms with E-state index >= 15 is 0 Å². The van der Waals surface area contributed by atoms with E-state index in [2.05, 4.69) is 0 Å². The summed E-state index contributed by atoms with van der Waals surface area (Å²) >= 11 is 0. The third kappa shape index (κ3) is 14.0. The average Bonchev–Trinajstić information content (AvgIpc) is 3.80. The fourth-order valence-electron chi connectivity index (χ4n) is 7.24. The zero-order valence-electron chi connectivity index (χ0n) is 34.8. The molecule has 2 unspecified atom stereocenters. The highest BCUT2D eigenvalue weighted by molar-refractivity contribution is 5.17. The summed E-state index contributed by atoms with van der Waals surface area (Å²) < 4.78 is 47.8. The molecule has 6 aromatic carbocycles. The van der Waals surface area contributed by atoms with E-state index in [1.807, 2.05) is 182 Å². The van der Waals surface area contributed by atoms with Crippen LogP contribution in [-0.2, 0) is 77.5 Å². The number of rotatable bonds is 20. The summed E-state index contributed by atoms with van der Waals surface area (Å²) in [6.45, 7) is 3.09. The second-order valence-electron chi connectivity index (χ2n) is 15.2. The molecule has 324 valence electrons. The molecule has 2 fully saturated rings. The highest BCUT2D eigenvalue weighted by atomic mass is 16.7. The van der Waals surface area contributed by atoms with E-state index in [9.17, 15) is 10.2 Å². The molecule has 2 aliphatic heterocycles. The van der Waals surface area contributed by atoms with Crippen molar-refractivity contribution in [3.63, 3.8) is 0 Å². The van der Waals surface area contributed by atoms with Gasteiger partial charge in [-0.05, 0) is 33.4 Å². The lowest BCUT2D eigenvalue weighted by molar-refractivity contribution is -0.153. The van der Waals surface area contributed by atoms with Crippen molar-refractivity contribution < 1.29 is 48.1 Å². The predicted octanol–water partition coefficient (Wildman–Crippen LogP) is 8.18. The first-order valence-corrected chi connectivity index (χ1v) is 21.1. The molecule has 0 radical (unpaired) electrons. The van der Waals surface area contributed by atoms with Crippen LogP contribution < -0.4 is 0 Å². The molecular weight excluding hydrogens is 785 g/mol. The molecule has 2 heterocycles. The van der Waals surface area contributed by atoms with Gasteiger partial charge in [0.05, 0.1) is 52.9 Å². The smallest absolute Gasteiger partial charge is 0.184 e. The van der Waals surface area contributed by atoms with Crippen LogP contribution in [0, 0.1) is 0 Å². The molecular formula is C52H56O10. The van der Waals surface area contributed by atoms with Crippen molar-refractivity contribution in [2.24, 2.45) is 0 Å². The zero-order valence-corrected chi connectivity index (χ0v) is 34.8. The van der Waals surface area contributed by atoms with Crippen LogP contribution in [0.25, 0.3) is 0 Å². The van der Waals surface area contributed by atoms with Crippen LogP contribution in [0.3, 0.4) is 0 Å². The van der Waals surface area contributed by atoms with E-state index in [0.717, 1.165) is 33.4 Å². The van der Waals surface area contributed by atoms with Crippen LogP contribution in [0.5, 0.6) is 0 Å². The van der Waals surface area contributed by atoms with Gasteiger partial charge in [-0.1, -0.05) is 182 Å². The van der Waals surface area contributed by atoms with E-state index in [1.165, 1.54) is 0 Å². The first-order valence-electron chi connectivity index (χ1n) is 21.1. The molecule has 8 atom stereocenters. The normalized spacial score (nSPS) is 23.1. The summed E-state index contributed by atoms with van der Waals surface area (Å²) in [7, 11) is 0. The number of hydrogen-bond acceptors (Lipinski definition) is 10. The fourth-order valence-corrected chi connectivity index (χ4v) is 7.24. The largest absolute Gasteiger partial charge is 0.374 e. The molecule has 10 heteroatoms. The van der Waals surface area contributed by atoms with Crippen LogP contribution >= 0.6 is 0 Å². The molecule has 2 saturated heterocycles. The summed E-state index contributed by atoms with van der Waals surface area (Å²) in [6, 6.07) is 59.5. The van der Waals surface area contributed by atoms with Gasteiger partial charge in [0.2, 0.25) is 0 Å². The molecule has 0 amide bonds. The van der Waals surface area contributed by atoms with Crippen molar-refractivity contribution in [3.8, 4) is 0 Å². The van der Waals surface area contributed by atoms with Gasteiger partial charge in [0.15, 0.2) is 12.6 Å². The minimum atomic E-state index is -1.07. The Kier molecular flexibility index (Phi) is 17.8. The van der Waals surface area contributed by atoms with Crippen LogP contribution in [0.4, 0.5) is 0 Å². The van der Waals surface area contributed by atoms with Crippen molar-refractivity contribution >= 4 is 0 Å². The topological polar surface area (TPSA) is 114 Å². The molecule has 0 aromatic heterocycles. The zero-order chi connectivity index (χ0) is 42.6. The van der Waals surface area contributed by atoms with Gasteiger partial charge in [-0.25, -0.2) is 0 Å². The van der Waals surface area contributed by atoms with Crippen LogP contribution in [0.1, 0.15) is 33.4 Å². The molecule has 0 saturated carbocycles. The van der Waals surface area contributed by atoms with Crippen molar-refractivity contribution in [1.82, 2.24) is 0 Å². The van der Waals surface area contributed by atoms with E-state index in [1.54, 1.807) is 0 Å². The van der Waals surface area contributed by atoms with Gasteiger partial charge in [-0.15, -0.1) is 0 Å². The lowest BCUT2D eigenvalue weighted by atomic mass is 10.1. The molecule has 2 aliphatic rings. The van der Waals surface area contributed by atoms with Crippen molar-refractivity contribution in [1.29, 1.82) is 0 Å². The molecule has 0 spiro atoms. The minimum Gasteiger partial charge on any atom is -0.374 e. The highest BCUT2D eigenvalue weighted by Gasteiger charge is 2.47. The molecule has 0 bridgehead atoms. The number of aliphatic hydroxyl groups is 2. The molecule has 8 rings (SSSR count). The number of benzene rings is 6. The van der Waals surface area contributed by atoms with Crippen LogP contribution in [0.2, 0.25) is 0 Å². The monoisotopic (exact) mass is 840 g/mol. The summed E-state index contributed by atoms with van der Waals surface area (Å²) in [5.41, 5.74) is 6.32. The molecule has 6 aromatic rings. The Morgan fingerprint density at radius 2 is 0.532 bits per heavy atom. The predicted molar refractivity (Wildman–Crippen MR) is 234 cm³/mol. The first kappa shape index (κ1) is 45.0. The lowest BCUT2D eigenvalue weighted by Gasteiger charge is -2.24. The Morgan fingerprint density at radius 3 is 0.790 bits per heavy atom. The SMILES string of the molecule is OC1O[C@H](COCc2ccccc2)[C@@H](OCc2ccccc2)[C@H]1OCc1ccccc1.OC1O[C@H](COCc2ccccc2)[C@@H](OCc2ccccc2)[C@H]1OCc1ccccc1. The van der Waals surface area contributed by atoms with Gasteiger partial charge in [-0.3, -0.25) is 0 Å². The van der Waals surface area contributed by atoms with Gasteiger partial charge < -0.3 is 48.1 Å². The van der Waals surface area contributed by atoms with Gasteiger partial charge in [0.25, 0.3) is 0 Å². The summed E-state index contributed by atoms with van der Waals surface area (Å²) in [5.74, 6) is 0. The van der Waals surface area contributed by atoms with E-state index < -0.39 is 49.2 Å². The first-order chi connectivity index (χ1) is 30.6. The van der Waals surface area contributed by atoms with Crippen molar-refractivity contribution in [2.75, 3.05) is 13.2 Å². The highest BCUT2D eigenvalue weighted by Crippen LogP contribution is 2.29. The second-order valence-corrected chi connectivity index (χ2v) is 15.2. The summed E-state index contributed by atoms with van der Waals surface area (Å²) in [5, 5.41) is 21.1. The standard InChI is InChI=1S/2C26H28O5/c2*27-26-25(30-18-22-14-8-3-9-15-22)24(29-17-21-12-6-2-7-13-21)23(31-26)19-28-16-20-10-4-1-5-11-20/h2*1-15,23-27H,16-19H2/t2*23-,24-,25-,26?/m11/s1. The quantitative estimate of drug-likeness (QED) is 0.0781. The van der Waals surface area contributed by atoms with Crippen LogP contribution in [-0.4, -0.2) is 72.6 Å². The van der Waals surface area contributed by atoms with Crippen molar-refractivity contribution in [3.05, 3.63) is 215 Å². The van der Waals surface area contributed by atoms with Gasteiger partial charge >= 0.3 is 0 Å². The number of aliphatic hydroxyl groups excluding tert-OH is 2. The fraction of sp³-hybridized carbons (Fsp3) is 0.308. The van der Waals surface area contributed by atoms with Gasteiger partial charge in [0, 0.05) is 0 Å². The Labute approximate surface area is 364 Å². The summed E-state index contributed by atoms with van der Waals surface area (Å²) in [4.78, 5) is 0. The molecule has 10 nitrogen and oxygen atoms in total. The van der Waals surface area contributed by atoms with Crippen molar-refractivity contribution in [2.45, 2.75) is 88.8 Å². The third-order valence-electron chi connectivity index (χ3n) is 10.5. The summed E-state index contributed by atoms with van der Waals surface area (Å²) in [6.07, 6.45) is -5.11. The number of hydrogen-bond donors (Lipinski definition) is 2. The van der Waals surface area contributed by atoms with Gasteiger partial charge in [0.1, 0.15) is 36.6 Å².